The Morgan fingerprint density at radius 1 is 1.40 bits per heavy atom. The highest BCUT2D eigenvalue weighted by Crippen LogP contribution is 2.13. The van der Waals surface area contributed by atoms with Gasteiger partial charge in [0, 0.05) is 25.9 Å². The molecular formula is C7H15NO2. The minimum absolute atomic E-state index is 0.132. The maximum atomic E-state index is 8.85. The van der Waals surface area contributed by atoms with E-state index in [0.29, 0.717) is 0 Å². The average molecular weight is 145 g/mol. The Balaban J connectivity index is 2.35. The summed E-state index contributed by atoms with van der Waals surface area (Å²) in [4.78, 5) is 0. The molecule has 1 rings (SSSR count). The van der Waals surface area contributed by atoms with Gasteiger partial charge in [0.15, 0.2) is 0 Å². The lowest BCUT2D eigenvalue weighted by atomic mass is 9.97. The van der Waals surface area contributed by atoms with Gasteiger partial charge >= 0.3 is 0 Å². The van der Waals surface area contributed by atoms with Crippen molar-refractivity contribution in [3.63, 3.8) is 0 Å². The first-order valence-electron chi connectivity index (χ1n) is 3.78. The number of ether oxygens (including phenoxy) is 1. The Morgan fingerprint density at radius 2 is 2.10 bits per heavy atom. The molecule has 0 saturated carbocycles. The molecule has 0 aliphatic carbocycles. The fourth-order valence-electron chi connectivity index (χ4n) is 1.23. The molecule has 10 heavy (non-hydrogen) atoms. The highest BCUT2D eigenvalue weighted by molar-refractivity contribution is 4.74. The summed E-state index contributed by atoms with van der Waals surface area (Å²) < 4.78 is 5.21. The van der Waals surface area contributed by atoms with Crippen molar-refractivity contribution >= 4 is 0 Å². The van der Waals surface area contributed by atoms with Gasteiger partial charge in [0.25, 0.3) is 0 Å². The van der Waals surface area contributed by atoms with E-state index in [1.165, 1.54) is 0 Å². The van der Waals surface area contributed by atoms with Crippen LogP contribution in [0.4, 0.5) is 0 Å². The predicted molar refractivity (Wildman–Crippen MR) is 38.6 cm³/mol. The van der Waals surface area contributed by atoms with Crippen LogP contribution in [-0.4, -0.2) is 31.0 Å². The summed E-state index contributed by atoms with van der Waals surface area (Å²) in [5.74, 6) is 0.252. The van der Waals surface area contributed by atoms with Gasteiger partial charge in [0.1, 0.15) is 0 Å². The van der Waals surface area contributed by atoms with Crippen molar-refractivity contribution in [2.45, 2.75) is 18.9 Å². The van der Waals surface area contributed by atoms with Crippen molar-refractivity contribution in [1.82, 2.24) is 0 Å². The van der Waals surface area contributed by atoms with Gasteiger partial charge in [-0.2, -0.15) is 0 Å². The van der Waals surface area contributed by atoms with Crippen LogP contribution in [0.2, 0.25) is 0 Å². The van der Waals surface area contributed by atoms with E-state index < -0.39 is 0 Å². The van der Waals surface area contributed by atoms with Crippen molar-refractivity contribution in [2.75, 3.05) is 19.8 Å². The number of hydrogen-bond acceptors (Lipinski definition) is 3. The van der Waals surface area contributed by atoms with Crippen LogP contribution in [0.5, 0.6) is 0 Å². The third kappa shape index (κ3) is 1.94. The molecule has 0 spiro atoms. The molecule has 0 aromatic rings. The zero-order valence-electron chi connectivity index (χ0n) is 6.12. The molecule has 3 heteroatoms. The third-order valence-electron chi connectivity index (χ3n) is 2.07. The first-order valence-corrected chi connectivity index (χ1v) is 3.78. The molecule has 1 aliphatic heterocycles. The summed E-state index contributed by atoms with van der Waals surface area (Å²) in [7, 11) is 0. The van der Waals surface area contributed by atoms with Gasteiger partial charge in [-0.15, -0.1) is 0 Å². The molecule has 1 heterocycles. The van der Waals surface area contributed by atoms with Crippen LogP contribution in [0, 0.1) is 5.92 Å². The molecule has 1 fully saturated rings. The maximum Gasteiger partial charge on any atom is 0.0480 e. The predicted octanol–water partition coefficient (Wildman–Crippen LogP) is -0.267. The van der Waals surface area contributed by atoms with Crippen molar-refractivity contribution in [3.05, 3.63) is 0 Å². The Morgan fingerprint density at radius 3 is 2.80 bits per heavy atom. The fraction of sp³-hybridized carbons (Fsp3) is 1.00. The van der Waals surface area contributed by atoms with Crippen LogP contribution in [0.1, 0.15) is 12.8 Å². The summed E-state index contributed by atoms with van der Waals surface area (Å²) in [5, 5.41) is 8.85. The van der Waals surface area contributed by atoms with E-state index >= 15 is 0 Å². The summed E-state index contributed by atoms with van der Waals surface area (Å²) in [6, 6.07) is 0.132. The van der Waals surface area contributed by atoms with Gasteiger partial charge in [0.05, 0.1) is 0 Å². The molecule has 3 nitrogen and oxygen atoms in total. The van der Waals surface area contributed by atoms with Crippen molar-refractivity contribution < 1.29 is 9.84 Å². The van der Waals surface area contributed by atoms with Crippen LogP contribution >= 0.6 is 0 Å². The SMILES string of the molecule is N[C@H]1CCOCC[C@@H]1CO. The molecule has 0 radical (unpaired) electrons. The second-order valence-corrected chi connectivity index (χ2v) is 2.80. The molecule has 0 bridgehead atoms. The molecule has 0 unspecified atom stereocenters. The lowest BCUT2D eigenvalue weighted by Gasteiger charge is -2.16. The second-order valence-electron chi connectivity index (χ2n) is 2.80. The van der Waals surface area contributed by atoms with Crippen LogP contribution in [-0.2, 0) is 4.74 Å². The molecule has 3 N–H and O–H groups in total. The van der Waals surface area contributed by atoms with Crippen molar-refractivity contribution in [3.8, 4) is 0 Å². The van der Waals surface area contributed by atoms with E-state index in [1.807, 2.05) is 0 Å². The second kappa shape index (κ2) is 3.91. The molecule has 0 aromatic heterocycles. The quantitative estimate of drug-likeness (QED) is 0.534. The topological polar surface area (TPSA) is 55.5 Å². The zero-order chi connectivity index (χ0) is 7.40. The van der Waals surface area contributed by atoms with Gasteiger partial charge in [-0.05, 0) is 18.8 Å². The van der Waals surface area contributed by atoms with E-state index in [2.05, 4.69) is 0 Å². The number of aliphatic hydroxyl groups is 1. The van der Waals surface area contributed by atoms with Crippen LogP contribution in [0.15, 0.2) is 0 Å². The van der Waals surface area contributed by atoms with Crippen LogP contribution < -0.4 is 5.73 Å². The number of nitrogens with two attached hydrogens (primary N) is 1. The van der Waals surface area contributed by atoms with Crippen molar-refractivity contribution in [2.24, 2.45) is 11.7 Å². The van der Waals surface area contributed by atoms with Crippen LogP contribution in [0.25, 0.3) is 0 Å². The minimum atomic E-state index is 0.132. The number of aliphatic hydroxyl groups excluding tert-OH is 1. The van der Waals surface area contributed by atoms with E-state index in [9.17, 15) is 0 Å². The molecule has 0 aromatic carbocycles. The minimum Gasteiger partial charge on any atom is -0.396 e. The molecule has 2 atom stereocenters. The van der Waals surface area contributed by atoms with Gasteiger partial charge in [0.2, 0.25) is 0 Å². The first kappa shape index (κ1) is 7.98. The number of rotatable bonds is 1. The monoisotopic (exact) mass is 145 g/mol. The lowest BCUT2D eigenvalue weighted by Crippen LogP contribution is -2.32. The molecule has 60 valence electrons. The van der Waals surface area contributed by atoms with E-state index in [4.69, 9.17) is 15.6 Å². The highest BCUT2D eigenvalue weighted by Gasteiger charge is 2.19. The molecule has 1 aliphatic rings. The first-order chi connectivity index (χ1) is 4.84. The summed E-state index contributed by atoms with van der Waals surface area (Å²) in [5.41, 5.74) is 5.75. The zero-order valence-corrected chi connectivity index (χ0v) is 6.12. The Labute approximate surface area is 61.2 Å². The van der Waals surface area contributed by atoms with E-state index in [0.717, 1.165) is 26.1 Å². The average Bonchev–Trinajstić information content (AvgIpc) is 2.13. The maximum absolute atomic E-state index is 8.85. The van der Waals surface area contributed by atoms with Crippen molar-refractivity contribution in [1.29, 1.82) is 0 Å². The van der Waals surface area contributed by atoms with Gasteiger partial charge in [-0.25, -0.2) is 0 Å². The Bertz CT molecular complexity index is 97.6. The van der Waals surface area contributed by atoms with Gasteiger partial charge in [-0.1, -0.05) is 0 Å². The Hall–Kier alpha value is -0.120. The summed E-state index contributed by atoms with van der Waals surface area (Å²) in [6.45, 7) is 1.70. The third-order valence-corrected chi connectivity index (χ3v) is 2.07. The summed E-state index contributed by atoms with van der Waals surface area (Å²) >= 11 is 0. The number of hydrogen-bond donors (Lipinski definition) is 2. The summed E-state index contributed by atoms with van der Waals surface area (Å²) in [6.07, 6.45) is 1.78. The Kier molecular flexibility index (Phi) is 3.12. The highest BCUT2D eigenvalue weighted by atomic mass is 16.5. The fourth-order valence-corrected chi connectivity index (χ4v) is 1.23. The standard InChI is InChI=1S/C7H15NO2/c8-7-2-4-10-3-1-6(7)5-9/h6-7,9H,1-5,8H2/t6-,7+/m1/s1. The van der Waals surface area contributed by atoms with E-state index in [-0.39, 0.29) is 18.6 Å². The molecule has 1 saturated heterocycles. The van der Waals surface area contributed by atoms with Gasteiger partial charge in [-0.3, -0.25) is 0 Å². The van der Waals surface area contributed by atoms with E-state index in [1.54, 1.807) is 0 Å². The molecule has 0 amide bonds. The van der Waals surface area contributed by atoms with Crippen LogP contribution in [0.3, 0.4) is 0 Å². The normalized spacial score (nSPS) is 35.4. The van der Waals surface area contributed by atoms with Gasteiger partial charge < -0.3 is 15.6 Å². The molecular weight excluding hydrogens is 130 g/mol. The smallest absolute Gasteiger partial charge is 0.0480 e. The largest absolute Gasteiger partial charge is 0.396 e. The lowest BCUT2D eigenvalue weighted by molar-refractivity contribution is 0.135.